The van der Waals surface area contributed by atoms with Crippen LogP contribution in [0.25, 0.3) is 44.5 Å². The van der Waals surface area contributed by atoms with Gasteiger partial charge in [0.25, 0.3) is 0 Å². The van der Waals surface area contributed by atoms with E-state index in [9.17, 15) is 19.2 Å². The maximum atomic E-state index is 9.87. The van der Waals surface area contributed by atoms with E-state index in [0.717, 1.165) is 0 Å². The average Bonchev–Trinajstić information content (AvgIpc) is 1.50. The third-order valence-electron chi connectivity index (χ3n) is 11.1. The van der Waals surface area contributed by atoms with Crippen molar-refractivity contribution in [3.8, 4) is 44.5 Å². The van der Waals surface area contributed by atoms with Crippen LogP contribution in [0.4, 0.5) is 0 Å². The Labute approximate surface area is 447 Å². The van der Waals surface area contributed by atoms with Crippen LogP contribution in [-0.4, -0.2) is 30.2 Å². The van der Waals surface area contributed by atoms with Gasteiger partial charge in [0.15, 0.2) is 0 Å². The Balaban J connectivity index is 1.19. The van der Waals surface area contributed by atoms with Gasteiger partial charge in [-0.15, -0.1) is 0 Å². The summed E-state index contributed by atoms with van der Waals surface area (Å²) in [5.41, 5.74) is -15.3. The van der Waals surface area contributed by atoms with Gasteiger partial charge in [0.05, 0.1) is 8.22 Å². The van der Waals surface area contributed by atoms with Crippen LogP contribution in [0, 0.1) is 0 Å². The molecule has 12 rings (SSSR count). The Morgan fingerprint density at radius 2 is 0.569 bits per heavy atom. The van der Waals surface area contributed by atoms with Crippen LogP contribution < -0.4 is 31.8 Å². The zero-order valence-electron chi connectivity index (χ0n) is 68.7. The monoisotopic (exact) mass is 1030 g/mol. The topological polar surface area (TPSA) is 0 Å². The fourth-order valence-electron chi connectivity index (χ4n) is 8.35. The molecule has 10 aromatic carbocycles. The summed E-state index contributed by atoms with van der Waals surface area (Å²) >= 11 is 5.37. The normalized spacial score (nSPS) is 20.9. The van der Waals surface area contributed by atoms with Crippen LogP contribution in [0.1, 0.15) is 71.6 Å². The molecule has 0 unspecified atom stereocenters. The van der Waals surface area contributed by atoms with Gasteiger partial charge in [0.2, 0.25) is 0 Å². The molecule has 0 bridgehead atoms. The Bertz CT molecular complexity index is 5040. The number of hydrogen-bond acceptors (Lipinski definition) is 0. The van der Waals surface area contributed by atoms with Crippen molar-refractivity contribution < 1.29 is 49.3 Å². The summed E-state index contributed by atoms with van der Waals surface area (Å²) in [4.78, 5) is 0. The van der Waals surface area contributed by atoms with Gasteiger partial charge in [0, 0.05) is 0 Å². The first-order valence-corrected chi connectivity index (χ1v) is 27.2. The van der Waals surface area contributed by atoms with Gasteiger partial charge >= 0.3 is 428 Å². The summed E-state index contributed by atoms with van der Waals surface area (Å²) in [6.45, 7) is 0. The van der Waals surface area contributed by atoms with E-state index in [1.54, 1.807) is 0 Å². The molecule has 0 atom stereocenters. The summed E-state index contributed by atoms with van der Waals surface area (Å²) in [7, 11) is 0. The van der Waals surface area contributed by atoms with Gasteiger partial charge < -0.3 is 0 Å². The van der Waals surface area contributed by atoms with E-state index in [-0.39, 0.29) is 33.4 Å². The summed E-state index contributed by atoms with van der Waals surface area (Å²) < 4.78 is 330. The zero-order chi connectivity index (χ0) is 74.9. The van der Waals surface area contributed by atoms with Crippen LogP contribution in [0.15, 0.2) is 254 Å². The van der Waals surface area contributed by atoms with Crippen LogP contribution in [0.2, 0.25) is 0 Å². The Hall–Kier alpha value is -5.90. The van der Waals surface area contributed by atoms with E-state index >= 15 is 0 Å². The number of hydrogen-bond donors (Lipinski definition) is 0. The minimum atomic E-state index is -4.75. The minimum absolute atomic E-state index is 0.111. The molecule has 65 heavy (non-hydrogen) atoms. The second-order valence-corrected chi connectivity index (χ2v) is 26.3. The predicted octanol–water partition coefficient (Wildman–Crippen LogP) is 12.1. The standard InChI is InChI=1S/C61H42P2Se2/c64-62(47-17-5-1-6-18-47,48-19-7-2-8-20-48)51-35-29-43(30-36-51)45-33-39-55-56-40-34-46(42-60(56)61(59(55)41-45)57-27-15-13-25-53(57)54-26-14-16-28-58(54)61)44-31-37-52(38-32-44)63(65,49-21-9-3-10-22-49)50-23-11-4-12-24-50/h1-42H/i1D,2D,3D,4D,5D,6D,7D,8D,9D,10D,11D,12D,13D,14D,15D,16D,17D,18D,19D,20D,21D,22D,23D,24D,25D,26D,27D,28D,29D,30D,31D,32D,35D,36D,37D,38D. The van der Waals surface area contributed by atoms with Gasteiger partial charge in [-0.3, -0.25) is 0 Å². The molecule has 0 amide bonds. The van der Waals surface area contributed by atoms with Gasteiger partial charge in [0.1, 0.15) is 0 Å². The molecular weight excluding hydrogens is 953 g/mol. The Morgan fingerprint density at radius 1 is 0.277 bits per heavy atom. The number of benzene rings is 10. The summed E-state index contributed by atoms with van der Waals surface area (Å²) in [6.07, 6.45) is 0. The van der Waals surface area contributed by atoms with Gasteiger partial charge in [-0.1, -0.05) is 12.1 Å². The van der Waals surface area contributed by atoms with E-state index in [1.165, 1.54) is 36.4 Å². The predicted molar refractivity (Wildman–Crippen MR) is 283 cm³/mol. The Morgan fingerprint density at radius 3 is 0.908 bits per heavy atom. The van der Waals surface area contributed by atoms with Crippen LogP contribution >= 0.6 is 11.0 Å². The third-order valence-corrected chi connectivity index (χ3v) is 23.2. The molecule has 0 aromatic heterocycles. The number of fused-ring (bicyclic) bond motifs is 10. The van der Waals surface area contributed by atoms with Crippen LogP contribution in [0.3, 0.4) is 0 Å². The molecule has 4 heteroatoms. The van der Waals surface area contributed by atoms with Crippen LogP contribution in [-0.2, 0) is 5.41 Å². The second-order valence-electron chi connectivity index (χ2n) is 14.3. The third kappa shape index (κ3) is 6.32. The molecule has 0 radical (unpaired) electrons. The molecule has 0 fully saturated rings. The van der Waals surface area contributed by atoms with E-state index in [2.05, 4.69) is 30.2 Å². The molecule has 0 saturated carbocycles. The van der Waals surface area contributed by atoms with Crippen molar-refractivity contribution in [1.29, 1.82) is 0 Å². The molecule has 0 N–H and O–H groups in total. The van der Waals surface area contributed by atoms with E-state index in [0.29, 0.717) is 0 Å². The van der Waals surface area contributed by atoms with E-state index < -0.39 is 299 Å². The molecule has 0 aliphatic heterocycles. The fraction of sp³-hybridized carbons (Fsp3) is 0.0164. The average molecular weight is 1030 g/mol. The van der Waals surface area contributed by atoms with E-state index in [1.807, 2.05) is 0 Å². The van der Waals surface area contributed by atoms with Gasteiger partial charge in [-0.05, 0) is 0 Å². The quantitative estimate of drug-likeness (QED) is 0.105. The van der Waals surface area contributed by atoms with Crippen molar-refractivity contribution in [2.24, 2.45) is 0 Å². The summed E-state index contributed by atoms with van der Waals surface area (Å²) in [6, 6.07) is -25.7. The number of rotatable bonds is 8. The molecule has 2 aliphatic carbocycles. The second kappa shape index (κ2) is 16.2. The first-order valence-electron chi connectivity index (χ1n) is 37.2. The van der Waals surface area contributed by atoms with Crippen molar-refractivity contribution in [2.45, 2.75) is 5.41 Å². The summed E-state index contributed by atoms with van der Waals surface area (Å²) in [5, 5.41) is -4.53. The SMILES string of the molecule is [2H]c1c([2H])c([2H])c(P(=[Se])(c2c([2H])c([2H])c([2H])c([2H])c2[2H])c2c([2H])c([2H])c(-c3ccc4c(c3)C3(c5cc(-c6c([2H])c([2H])c(P(=[Se])(c7c([2H])c([2H])c([2H])c([2H])c7[2H])c7c([2H])c([2H])c([2H])c([2H])c7[2H])c([2H])c6[2H])ccc5-4)c4c([2H])c([2H])c([2H])c([2H])c4-c4c([2H])c([2H])c([2H])c([2H])c43)c([2H])c2[2H])c([2H])c1[2H]. The molecule has 0 heterocycles. The molecule has 308 valence electrons. The van der Waals surface area contributed by atoms with E-state index in [4.69, 9.17) is 30.2 Å². The maximum absolute atomic E-state index is 9.87. The van der Waals surface area contributed by atoms with Crippen molar-refractivity contribution >= 4 is 73.0 Å². The van der Waals surface area contributed by atoms with Gasteiger partial charge in [-0.2, -0.15) is 0 Å². The molecule has 0 nitrogen and oxygen atoms in total. The zero-order valence-corrected chi connectivity index (χ0v) is 37.9. The molecule has 10 aromatic rings. The molecule has 2 aliphatic rings. The molecule has 0 saturated heterocycles. The van der Waals surface area contributed by atoms with Crippen molar-refractivity contribution in [1.82, 2.24) is 0 Å². The summed E-state index contributed by atoms with van der Waals surface area (Å²) in [5.74, 6) is 0. The molecule has 1 spiro atoms. The van der Waals surface area contributed by atoms with Crippen LogP contribution in [0.5, 0.6) is 0 Å². The van der Waals surface area contributed by atoms with Crippen molar-refractivity contribution in [3.05, 3.63) is 276 Å². The van der Waals surface area contributed by atoms with Gasteiger partial charge in [-0.25, -0.2) is 0 Å². The van der Waals surface area contributed by atoms with Crippen molar-refractivity contribution in [2.75, 3.05) is 0 Å². The van der Waals surface area contributed by atoms with Crippen molar-refractivity contribution in [3.63, 3.8) is 0 Å². The first-order chi connectivity index (χ1) is 46.9. The Kier molecular flexibility index (Phi) is 4.42. The fourth-order valence-corrected chi connectivity index (χ4v) is 15.7. The first kappa shape index (κ1) is 17.7. The molecular formula is C61H42P2Se2.